The molecular weight excluding hydrogens is 234 g/mol. The van der Waals surface area contributed by atoms with Crippen molar-refractivity contribution in [2.24, 2.45) is 0 Å². The van der Waals surface area contributed by atoms with Gasteiger partial charge < -0.3 is 9.72 Å². The lowest BCUT2D eigenvalue weighted by molar-refractivity contribution is 0.241. The van der Waals surface area contributed by atoms with Crippen molar-refractivity contribution in [3.05, 3.63) is 35.5 Å². The van der Waals surface area contributed by atoms with E-state index >= 15 is 0 Å². The Labute approximate surface area is 105 Å². The summed E-state index contributed by atoms with van der Waals surface area (Å²) >= 11 is 5.18. The molecule has 0 aliphatic heterocycles. The van der Waals surface area contributed by atoms with Crippen LogP contribution in [0.25, 0.3) is 11.3 Å². The van der Waals surface area contributed by atoms with Crippen molar-refractivity contribution < 1.29 is 4.74 Å². The van der Waals surface area contributed by atoms with Crippen LogP contribution in [0.15, 0.2) is 30.9 Å². The van der Waals surface area contributed by atoms with E-state index in [9.17, 15) is 0 Å². The van der Waals surface area contributed by atoms with Gasteiger partial charge in [0.15, 0.2) is 0 Å². The van der Waals surface area contributed by atoms with Gasteiger partial charge in [0.1, 0.15) is 16.1 Å². The molecule has 0 aliphatic carbocycles. The Morgan fingerprint density at radius 1 is 1.35 bits per heavy atom. The van der Waals surface area contributed by atoms with Gasteiger partial charge in [0.05, 0.1) is 12.3 Å². The summed E-state index contributed by atoms with van der Waals surface area (Å²) in [4.78, 5) is 11.3. The first-order chi connectivity index (χ1) is 8.16. The van der Waals surface area contributed by atoms with Crippen molar-refractivity contribution in [3.63, 3.8) is 0 Å². The maximum atomic E-state index is 5.58. The normalized spacial score (nSPS) is 10.5. The maximum absolute atomic E-state index is 5.58. The smallest absolute Gasteiger partial charge is 0.138 e. The Kier molecular flexibility index (Phi) is 3.49. The molecule has 0 atom stereocenters. The van der Waals surface area contributed by atoms with Crippen LogP contribution in [0.3, 0.4) is 0 Å². The zero-order valence-corrected chi connectivity index (χ0v) is 10.5. The van der Waals surface area contributed by atoms with Crippen molar-refractivity contribution in [2.75, 3.05) is 0 Å². The molecule has 0 radical (unpaired) electrons. The minimum absolute atomic E-state index is 0.116. The molecular formula is C12H13N3OS. The highest BCUT2D eigenvalue weighted by molar-refractivity contribution is 7.71. The molecule has 0 aliphatic rings. The summed E-state index contributed by atoms with van der Waals surface area (Å²) in [6, 6.07) is 1.89. The van der Waals surface area contributed by atoms with Gasteiger partial charge >= 0.3 is 0 Å². The largest absolute Gasteiger partial charge is 0.489 e. The molecule has 0 saturated heterocycles. The van der Waals surface area contributed by atoms with Crippen LogP contribution in [0, 0.1) is 4.64 Å². The Morgan fingerprint density at radius 3 is 2.88 bits per heavy atom. The Bertz CT molecular complexity index is 565. The molecule has 0 fully saturated rings. The van der Waals surface area contributed by atoms with Gasteiger partial charge in [0, 0.05) is 24.2 Å². The van der Waals surface area contributed by atoms with Crippen LogP contribution >= 0.6 is 12.2 Å². The molecule has 0 aromatic carbocycles. The summed E-state index contributed by atoms with van der Waals surface area (Å²) in [6.45, 7) is 3.94. The topological polar surface area (TPSA) is 50.8 Å². The lowest BCUT2D eigenvalue weighted by atomic mass is 10.2. The number of H-pyrrole nitrogens is 1. The highest BCUT2D eigenvalue weighted by Crippen LogP contribution is 2.21. The molecule has 17 heavy (non-hydrogen) atoms. The Hall–Kier alpha value is -1.75. The third-order valence-corrected chi connectivity index (χ3v) is 2.38. The second kappa shape index (κ2) is 5.05. The van der Waals surface area contributed by atoms with Crippen LogP contribution in [0.4, 0.5) is 0 Å². The predicted molar refractivity (Wildman–Crippen MR) is 68.4 cm³/mol. The van der Waals surface area contributed by atoms with E-state index in [1.807, 2.05) is 19.9 Å². The van der Waals surface area contributed by atoms with E-state index < -0.39 is 0 Å². The molecule has 2 aromatic heterocycles. The fourth-order valence-corrected chi connectivity index (χ4v) is 1.68. The number of aromatic nitrogens is 3. The third kappa shape index (κ3) is 2.88. The van der Waals surface area contributed by atoms with E-state index in [-0.39, 0.29) is 6.10 Å². The quantitative estimate of drug-likeness (QED) is 0.847. The molecule has 1 N–H and O–H groups in total. The number of nitrogens with zero attached hydrogens (tertiary/aromatic N) is 2. The van der Waals surface area contributed by atoms with Crippen LogP contribution in [0.5, 0.6) is 5.75 Å². The number of hydrogen-bond donors (Lipinski definition) is 1. The first-order valence-corrected chi connectivity index (χ1v) is 5.73. The van der Waals surface area contributed by atoms with Crippen LogP contribution in [-0.4, -0.2) is 21.1 Å². The van der Waals surface area contributed by atoms with E-state index in [2.05, 4.69) is 15.0 Å². The van der Waals surface area contributed by atoms with Crippen LogP contribution < -0.4 is 4.74 Å². The highest BCUT2D eigenvalue weighted by atomic mass is 32.1. The van der Waals surface area contributed by atoms with Crippen LogP contribution in [0.1, 0.15) is 13.8 Å². The van der Waals surface area contributed by atoms with Gasteiger partial charge in [0.25, 0.3) is 0 Å². The van der Waals surface area contributed by atoms with Gasteiger partial charge in [-0.05, 0) is 19.9 Å². The zero-order valence-electron chi connectivity index (χ0n) is 9.68. The SMILES string of the molecule is CC(C)Oc1cncc(-c2ncc[nH]c2=S)c1. The summed E-state index contributed by atoms with van der Waals surface area (Å²) < 4.78 is 6.18. The Balaban J connectivity index is 2.40. The van der Waals surface area contributed by atoms with Crippen molar-refractivity contribution in [1.82, 2.24) is 15.0 Å². The monoisotopic (exact) mass is 247 g/mol. The second-order valence-corrected chi connectivity index (χ2v) is 4.25. The molecule has 0 saturated carbocycles. The Morgan fingerprint density at radius 2 is 2.18 bits per heavy atom. The van der Waals surface area contributed by atoms with E-state index in [0.29, 0.717) is 10.3 Å². The van der Waals surface area contributed by atoms with E-state index in [4.69, 9.17) is 17.0 Å². The number of ether oxygens (including phenoxy) is 1. The fraction of sp³-hybridized carbons (Fsp3) is 0.250. The molecule has 0 spiro atoms. The average Bonchev–Trinajstić information content (AvgIpc) is 2.29. The summed E-state index contributed by atoms with van der Waals surface area (Å²) in [6.07, 6.45) is 6.89. The summed E-state index contributed by atoms with van der Waals surface area (Å²) in [5.41, 5.74) is 1.56. The van der Waals surface area contributed by atoms with Gasteiger partial charge in [-0.3, -0.25) is 9.97 Å². The maximum Gasteiger partial charge on any atom is 0.138 e. The molecule has 5 heteroatoms. The van der Waals surface area contributed by atoms with Gasteiger partial charge in [0.2, 0.25) is 0 Å². The number of rotatable bonds is 3. The third-order valence-electron chi connectivity index (χ3n) is 2.07. The van der Waals surface area contributed by atoms with Crippen molar-refractivity contribution in [3.8, 4) is 17.0 Å². The molecule has 0 unspecified atom stereocenters. The predicted octanol–water partition coefficient (Wildman–Crippen LogP) is 2.99. The molecule has 88 valence electrons. The lowest BCUT2D eigenvalue weighted by Gasteiger charge is -2.09. The van der Waals surface area contributed by atoms with Gasteiger partial charge in [-0.2, -0.15) is 0 Å². The van der Waals surface area contributed by atoms with Gasteiger partial charge in [-0.15, -0.1) is 0 Å². The fourth-order valence-electron chi connectivity index (χ4n) is 1.44. The summed E-state index contributed by atoms with van der Waals surface area (Å²) in [5, 5.41) is 0. The molecule has 2 aromatic rings. The first-order valence-electron chi connectivity index (χ1n) is 5.32. The van der Waals surface area contributed by atoms with Gasteiger partial charge in [-0.1, -0.05) is 12.2 Å². The van der Waals surface area contributed by atoms with E-state index in [0.717, 1.165) is 11.3 Å². The van der Waals surface area contributed by atoms with Crippen molar-refractivity contribution in [2.45, 2.75) is 20.0 Å². The second-order valence-electron chi connectivity index (χ2n) is 3.84. The van der Waals surface area contributed by atoms with Crippen molar-refractivity contribution in [1.29, 1.82) is 0 Å². The molecule has 2 heterocycles. The average molecular weight is 247 g/mol. The summed E-state index contributed by atoms with van der Waals surface area (Å²) in [5.74, 6) is 0.720. The summed E-state index contributed by atoms with van der Waals surface area (Å²) in [7, 11) is 0. The van der Waals surface area contributed by atoms with Gasteiger partial charge in [-0.25, -0.2) is 0 Å². The number of aromatic amines is 1. The molecule has 2 rings (SSSR count). The number of hydrogen-bond acceptors (Lipinski definition) is 4. The molecule has 4 nitrogen and oxygen atoms in total. The molecule has 0 bridgehead atoms. The van der Waals surface area contributed by atoms with E-state index in [1.165, 1.54) is 0 Å². The minimum atomic E-state index is 0.116. The van der Waals surface area contributed by atoms with Crippen LogP contribution in [-0.2, 0) is 0 Å². The molecule has 0 amide bonds. The lowest BCUT2D eigenvalue weighted by Crippen LogP contribution is -2.05. The minimum Gasteiger partial charge on any atom is -0.489 e. The van der Waals surface area contributed by atoms with Crippen LogP contribution in [0.2, 0.25) is 0 Å². The van der Waals surface area contributed by atoms with E-state index in [1.54, 1.807) is 24.8 Å². The number of nitrogens with one attached hydrogen (secondary N) is 1. The highest BCUT2D eigenvalue weighted by Gasteiger charge is 2.05. The first kappa shape index (κ1) is 11.7. The standard InChI is InChI=1S/C12H13N3OS/c1-8(2)16-10-5-9(6-13-7-10)11-12(17)15-4-3-14-11/h3-8H,1-2H3,(H,15,17). The number of pyridine rings is 1. The zero-order chi connectivity index (χ0) is 12.3. The van der Waals surface area contributed by atoms with Crippen molar-refractivity contribution >= 4 is 12.2 Å².